The number of ketones is 1. The van der Waals surface area contributed by atoms with Crippen molar-refractivity contribution in [1.82, 2.24) is 5.43 Å². The van der Waals surface area contributed by atoms with Gasteiger partial charge in [-0.15, -0.1) is 0 Å². The maximum atomic E-state index is 12.7. The Morgan fingerprint density at radius 2 is 1.56 bits per heavy atom. The monoisotopic (exact) mass is 360 g/mol. The minimum absolute atomic E-state index is 0.203. The minimum atomic E-state index is -0.462. The molecule has 0 aliphatic heterocycles. The quantitative estimate of drug-likeness (QED) is 0.725. The van der Waals surface area contributed by atoms with Gasteiger partial charge in [0, 0.05) is 28.1 Å². The number of carbonyl (C=O) groups excluding carboxylic acids is 2. The van der Waals surface area contributed by atoms with E-state index in [1.807, 2.05) is 30.3 Å². The second kappa shape index (κ2) is 6.57. The fourth-order valence-corrected chi connectivity index (χ4v) is 3.20. The van der Waals surface area contributed by atoms with Gasteiger partial charge in [-0.2, -0.15) is 5.10 Å². The van der Waals surface area contributed by atoms with E-state index in [1.165, 1.54) is 14.2 Å². The first-order chi connectivity index (χ1) is 13.1. The molecule has 6 nitrogen and oxygen atoms in total. The Morgan fingerprint density at radius 1 is 0.926 bits per heavy atom. The van der Waals surface area contributed by atoms with Crippen molar-refractivity contribution in [3.63, 3.8) is 0 Å². The number of nitrogens with one attached hydrogen (secondary N) is 1. The average Bonchev–Trinajstić information content (AvgIpc) is 2.99. The number of benzene rings is 3. The molecule has 4 rings (SSSR count). The Labute approximate surface area is 155 Å². The Morgan fingerprint density at radius 3 is 2.19 bits per heavy atom. The second-order valence-electron chi connectivity index (χ2n) is 6.04. The summed E-state index contributed by atoms with van der Waals surface area (Å²) < 4.78 is 10.3. The standard InChI is InChI=1S/C21H16N2O4/c1-26-14-9-13(10-15(11-14)27-2)21(25)23-22-19-16-7-3-5-12-6-4-8-17(18(12)16)20(19)24/h3-11H,1-2H3,(H,23,25)/b22-19+. The van der Waals surface area contributed by atoms with Gasteiger partial charge in [0.25, 0.3) is 5.91 Å². The van der Waals surface area contributed by atoms with Gasteiger partial charge >= 0.3 is 0 Å². The molecular weight excluding hydrogens is 344 g/mol. The van der Waals surface area contributed by atoms with Gasteiger partial charge in [-0.3, -0.25) is 9.59 Å². The SMILES string of the molecule is COc1cc(OC)cc(C(=O)N/N=C2/C(=O)c3cccc4cccc2c34)c1. The van der Waals surface area contributed by atoms with Crippen molar-refractivity contribution in [2.24, 2.45) is 5.10 Å². The van der Waals surface area contributed by atoms with E-state index in [1.54, 1.807) is 24.3 Å². The van der Waals surface area contributed by atoms with Crippen LogP contribution in [0.1, 0.15) is 26.3 Å². The van der Waals surface area contributed by atoms with Gasteiger partial charge in [0.2, 0.25) is 5.78 Å². The first-order valence-electron chi connectivity index (χ1n) is 8.30. The highest BCUT2D eigenvalue weighted by atomic mass is 16.5. The van der Waals surface area contributed by atoms with E-state index in [4.69, 9.17) is 9.47 Å². The maximum Gasteiger partial charge on any atom is 0.271 e. The molecule has 0 bridgehead atoms. The molecule has 0 radical (unpaired) electrons. The smallest absolute Gasteiger partial charge is 0.271 e. The predicted molar refractivity (Wildman–Crippen MR) is 102 cm³/mol. The molecule has 0 unspecified atom stereocenters. The third-order valence-electron chi connectivity index (χ3n) is 4.50. The summed E-state index contributed by atoms with van der Waals surface area (Å²) in [5, 5.41) is 5.94. The number of hydrogen-bond donors (Lipinski definition) is 1. The van der Waals surface area contributed by atoms with Gasteiger partial charge in [0.05, 0.1) is 14.2 Å². The first-order valence-corrected chi connectivity index (χ1v) is 8.30. The van der Waals surface area contributed by atoms with Gasteiger partial charge in [-0.25, -0.2) is 5.43 Å². The Bertz CT molecular complexity index is 1090. The molecule has 3 aromatic rings. The van der Waals surface area contributed by atoms with Crippen molar-refractivity contribution in [2.75, 3.05) is 14.2 Å². The number of rotatable bonds is 4. The molecule has 0 aromatic heterocycles. The number of ether oxygens (including phenoxy) is 2. The van der Waals surface area contributed by atoms with Crippen LogP contribution in [0, 0.1) is 0 Å². The highest BCUT2D eigenvalue weighted by Gasteiger charge is 2.29. The Kier molecular flexibility index (Phi) is 4.08. The highest BCUT2D eigenvalue weighted by Crippen LogP contribution is 2.31. The number of methoxy groups -OCH3 is 2. The maximum absolute atomic E-state index is 12.7. The molecule has 3 aromatic carbocycles. The van der Waals surface area contributed by atoms with Crippen molar-refractivity contribution in [3.8, 4) is 11.5 Å². The molecule has 0 atom stereocenters. The zero-order valence-corrected chi connectivity index (χ0v) is 14.8. The van der Waals surface area contributed by atoms with Crippen molar-refractivity contribution >= 4 is 28.2 Å². The van der Waals surface area contributed by atoms with Crippen LogP contribution in [0.4, 0.5) is 0 Å². The third kappa shape index (κ3) is 2.81. The normalized spacial score (nSPS) is 13.9. The zero-order valence-electron chi connectivity index (χ0n) is 14.8. The molecular formula is C21H16N2O4. The van der Waals surface area contributed by atoms with E-state index in [9.17, 15) is 9.59 Å². The van der Waals surface area contributed by atoms with Crippen molar-refractivity contribution in [3.05, 3.63) is 71.3 Å². The molecule has 0 saturated carbocycles. The molecule has 0 heterocycles. The minimum Gasteiger partial charge on any atom is -0.497 e. The molecule has 0 spiro atoms. The summed E-state index contributed by atoms with van der Waals surface area (Å²) in [6, 6.07) is 16.0. The lowest BCUT2D eigenvalue weighted by Gasteiger charge is -2.07. The van der Waals surface area contributed by atoms with Gasteiger partial charge in [0.15, 0.2) is 0 Å². The fourth-order valence-electron chi connectivity index (χ4n) is 3.20. The van der Waals surface area contributed by atoms with Crippen LogP contribution >= 0.6 is 0 Å². The molecule has 1 amide bonds. The van der Waals surface area contributed by atoms with E-state index in [0.717, 1.165) is 16.3 Å². The van der Waals surface area contributed by atoms with E-state index >= 15 is 0 Å². The summed E-state index contributed by atoms with van der Waals surface area (Å²) in [5.41, 5.74) is 4.33. The average molecular weight is 360 g/mol. The van der Waals surface area contributed by atoms with Crippen LogP contribution in [0.3, 0.4) is 0 Å². The topological polar surface area (TPSA) is 77.0 Å². The van der Waals surface area contributed by atoms with Crippen molar-refractivity contribution in [2.45, 2.75) is 0 Å². The molecule has 27 heavy (non-hydrogen) atoms. The fraction of sp³-hybridized carbons (Fsp3) is 0.0952. The van der Waals surface area contributed by atoms with Crippen LogP contribution in [-0.2, 0) is 0 Å². The van der Waals surface area contributed by atoms with E-state index in [2.05, 4.69) is 10.5 Å². The van der Waals surface area contributed by atoms with Crippen LogP contribution in [0.25, 0.3) is 10.8 Å². The summed E-state index contributed by atoms with van der Waals surface area (Å²) in [4.78, 5) is 25.2. The molecule has 1 aliphatic rings. The molecule has 6 heteroatoms. The summed E-state index contributed by atoms with van der Waals surface area (Å²) >= 11 is 0. The second-order valence-corrected chi connectivity index (χ2v) is 6.04. The van der Waals surface area contributed by atoms with Crippen molar-refractivity contribution in [1.29, 1.82) is 0 Å². The molecule has 1 aliphatic carbocycles. The molecule has 0 saturated heterocycles. The van der Waals surface area contributed by atoms with Crippen LogP contribution in [0.5, 0.6) is 11.5 Å². The van der Waals surface area contributed by atoms with Gasteiger partial charge in [-0.05, 0) is 17.5 Å². The van der Waals surface area contributed by atoms with Crippen LogP contribution < -0.4 is 14.9 Å². The lowest BCUT2D eigenvalue weighted by Crippen LogP contribution is -2.22. The molecule has 134 valence electrons. The number of amides is 1. The lowest BCUT2D eigenvalue weighted by molar-refractivity contribution is 0.0954. The van der Waals surface area contributed by atoms with Crippen LogP contribution in [0.15, 0.2) is 59.7 Å². The van der Waals surface area contributed by atoms with E-state index < -0.39 is 5.91 Å². The summed E-state index contributed by atoms with van der Waals surface area (Å²) in [6.45, 7) is 0. The lowest BCUT2D eigenvalue weighted by atomic mass is 10.1. The zero-order chi connectivity index (χ0) is 19.0. The summed E-state index contributed by atoms with van der Waals surface area (Å²) in [5.74, 6) is 0.309. The number of carbonyl (C=O) groups is 2. The number of hydrazone groups is 1. The van der Waals surface area contributed by atoms with Crippen LogP contribution in [-0.4, -0.2) is 31.6 Å². The van der Waals surface area contributed by atoms with E-state index in [0.29, 0.717) is 22.6 Å². The highest BCUT2D eigenvalue weighted by molar-refractivity contribution is 6.59. The summed E-state index contributed by atoms with van der Waals surface area (Å²) in [7, 11) is 3.01. The van der Waals surface area contributed by atoms with Gasteiger partial charge < -0.3 is 9.47 Å². The van der Waals surface area contributed by atoms with E-state index in [-0.39, 0.29) is 11.5 Å². The Balaban J connectivity index is 1.67. The number of nitrogens with zero attached hydrogens (tertiary/aromatic N) is 1. The summed E-state index contributed by atoms with van der Waals surface area (Å²) in [6.07, 6.45) is 0. The molecule has 0 fully saturated rings. The largest absolute Gasteiger partial charge is 0.497 e. The predicted octanol–water partition coefficient (Wildman–Crippen LogP) is 3.19. The third-order valence-corrected chi connectivity index (χ3v) is 4.50. The van der Waals surface area contributed by atoms with Gasteiger partial charge in [-0.1, -0.05) is 36.4 Å². The van der Waals surface area contributed by atoms with Crippen LogP contribution in [0.2, 0.25) is 0 Å². The van der Waals surface area contributed by atoms with Gasteiger partial charge in [0.1, 0.15) is 17.2 Å². The Hall–Kier alpha value is -3.67. The number of Topliss-reactive ketones (excluding diaryl/α,β-unsaturated/α-hetero) is 1. The first kappa shape index (κ1) is 16.8. The van der Waals surface area contributed by atoms with Crippen molar-refractivity contribution < 1.29 is 19.1 Å². The number of hydrogen-bond acceptors (Lipinski definition) is 5. The molecule has 1 N–H and O–H groups in total.